The first-order valence-corrected chi connectivity index (χ1v) is 13.6. The molecule has 5 rings (SSSR count). The van der Waals surface area contributed by atoms with Gasteiger partial charge >= 0.3 is 5.69 Å². The Balaban J connectivity index is 1.62. The number of aromatic amines is 1. The number of pyridine rings is 1. The molecule has 5 heterocycles. The maximum absolute atomic E-state index is 13.9. The van der Waals surface area contributed by atoms with Gasteiger partial charge in [-0.05, 0) is 52.7 Å². The summed E-state index contributed by atoms with van der Waals surface area (Å²) in [6.45, 7) is 8.96. The number of hydrogen-bond donors (Lipinski definition) is 2. The first-order valence-electron chi connectivity index (χ1n) is 12.7. The molecule has 2 aliphatic rings. The van der Waals surface area contributed by atoms with Gasteiger partial charge in [-0.25, -0.2) is 14.5 Å². The van der Waals surface area contributed by atoms with Gasteiger partial charge in [-0.2, -0.15) is 5.10 Å². The highest BCUT2D eigenvalue weighted by atomic mass is 32.2. The molecule has 2 aliphatic heterocycles. The van der Waals surface area contributed by atoms with E-state index in [4.69, 9.17) is 4.84 Å². The van der Waals surface area contributed by atoms with Crippen LogP contribution >= 0.6 is 11.8 Å². The highest BCUT2D eigenvalue weighted by Gasteiger charge is 2.48. The van der Waals surface area contributed by atoms with E-state index < -0.39 is 33.9 Å². The fourth-order valence-corrected chi connectivity index (χ4v) is 6.97. The lowest BCUT2D eigenvalue weighted by Gasteiger charge is -2.24. The van der Waals surface area contributed by atoms with E-state index in [0.717, 1.165) is 26.6 Å². The predicted octanol–water partition coefficient (Wildman–Crippen LogP) is 0.944. The van der Waals surface area contributed by atoms with Crippen LogP contribution in [0.5, 0.6) is 0 Å². The number of aliphatic hydroxyl groups is 1. The van der Waals surface area contributed by atoms with Crippen LogP contribution in [0.4, 0.5) is 0 Å². The molecular formula is C26H32N6O6S. The lowest BCUT2D eigenvalue weighted by molar-refractivity contribution is -0.170. The number of nitrogens with zero attached hydrogens (tertiary/aromatic N) is 5. The smallest absolute Gasteiger partial charge is 0.331 e. The van der Waals surface area contributed by atoms with Gasteiger partial charge in [0, 0.05) is 30.1 Å². The van der Waals surface area contributed by atoms with Gasteiger partial charge in [0.05, 0.1) is 28.7 Å². The standard InChI is InChI=1S/C26H32N6O6S/c1-13(2)31-24-21(22(34)29(6)25(31)36)20(23(35)30-11-26(5,37)12-38-30)17(39-24)10-16-14(3)28-32(15(16)4)18-8-7-9-19(33)27-18/h7-9,13,17,20,37H,10-12H2,1-6H3,(H,27,33)/t17?,20?,26-/m0/s1. The molecule has 3 atom stereocenters. The molecule has 0 bridgehead atoms. The molecule has 13 heteroatoms. The second-order valence-electron chi connectivity index (χ2n) is 10.8. The molecule has 0 aromatic carbocycles. The van der Waals surface area contributed by atoms with E-state index in [1.54, 1.807) is 28.3 Å². The van der Waals surface area contributed by atoms with Crippen LogP contribution in [0.1, 0.15) is 55.2 Å². The summed E-state index contributed by atoms with van der Waals surface area (Å²) in [5.41, 5.74) is 0.212. The Bertz CT molecular complexity index is 1650. The van der Waals surface area contributed by atoms with Crippen molar-refractivity contribution in [3.05, 3.63) is 71.9 Å². The molecule has 0 saturated carbocycles. The van der Waals surface area contributed by atoms with Gasteiger partial charge in [-0.15, -0.1) is 11.8 Å². The summed E-state index contributed by atoms with van der Waals surface area (Å²) in [5.74, 6) is -0.841. The summed E-state index contributed by atoms with van der Waals surface area (Å²) in [4.78, 5) is 60.8. The number of hydrogen-bond acceptors (Lipinski definition) is 8. The second kappa shape index (κ2) is 9.65. The van der Waals surface area contributed by atoms with Crippen molar-refractivity contribution in [3.8, 4) is 5.82 Å². The summed E-state index contributed by atoms with van der Waals surface area (Å²) in [6.07, 6.45) is 0.365. The number of hydroxylamine groups is 2. The maximum atomic E-state index is 13.9. The topological polar surface area (TPSA) is 144 Å². The predicted molar refractivity (Wildman–Crippen MR) is 144 cm³/mol. The molecule has 0 radical (unpaired) electrons. The van der Waals surface area contributed by atoms with Crippen molar-refractivity contribution in [2.45, 2.75) is 68.9 Å². The quantitative estimate of drug-likeness (QED) is 0.442. The van der Waals surface area contributed by atoms with Gasteiger partial charge in [0.25, 0.3) is 11.5 Å². The number of H-pyrrole nitrogens is 1. The first kappa shape index (κ1) is 27.2. The number of aromatic nitrogens is 5. The van der Waals surface area contributed by atoms with Crippen LogP contribution in [-0.4, -0.2) is 64.0 Å². The minimum atomic E-state index is -1.21. The summed E-state index contributed by atoms with van der Waals surface area (Å²) < 4.78 is 4.25. The zero-order valence-corrected chi connectivity index (χ0v) is 23.5. The normalized spacial score (nSPS) is 22.6. The molecule has 3 aromatic heterocycles. The van der Waals surface area contributed by atoms with Crippen LogP contribution in [0.2, 0.25) is 0 Å². The van der Waals surface area contributed by atoms with E-state index in [1.165, 1.54) is 24.9 Å². The molecular weight excluding hydrogens is 524 g/mol. The number of aryl methyl sites for hydroxylation is 1. The average Bonchev–Trinajstić information content (AvgIpc) is 3.51. The molecule has 208 valence electrons. The summed E-state index contributed by atoms with van der Waals surface area (Å²) >= 11 is 1.33. The molecule has 1 amide bonds. The molecule has 1 fully saturated rings. The Morgan fingerprint density at radius 2 is 2.00 bits per heavy atom. The number of amides is 1. The largest absolute Gasteiger partial charge is 0.386 e. The highest BCUT2D eigenvalue weighted by Crippen LogP contribution is 2.47. The van der Waals surface area contributed by atoms with E-state index >= 15 is 0 Å². The van der Waals surface area contributed by atoms with Gasteiger partial charge in [0.1, 0.15) is 18.0 Å². The van der Waals surface area contributed by atoms with Crippen molar-refractivity contribution in [3.63, 3.8) is 0 Å². The molecule has 0 spiro atoms. The van der Waals surface area contributed by atoms with Crippen molar-refractivity contribution >= 4 is 17.7 Å². The summed E-state index contributed by atoms with van der Waals surface area (Å²) in [6, 6.07) is 4.57. The third kappa shape index (κ3) is 4.57. The minimum absolute atomic E-state index is 0.0312. The Morgan fingerprint density at radius 3 is 2.62 bits per heavy atom. The Hall–Kier alpha value is -3.42. The van der Waals surface area contributed by atoms with E-state index in [9.17, 15) is 24.3 Å². The molecule has 12 nitrogen and oxygen atoms in total. The number of rotatable bonds is 5. The fourth-order valence-electron chi connectivity index (χ4n) is 5.30. The fraction of sp³-hybridized carbons (Fsp3) is 0.500. The van der Waals surface area contributed by atoms with Crippen molar-refractivity contribution in [1.82, 2.24) is 29.0 Å². The number of carbonyl (C=O) groups is 1. The summed E-state index contributed by atoms with van der Waals surface area (Å²) in [5, 5.41) is 16.2. The van der Waals surface area contributed by atoms with Crippen molar-refractivity contribution in [1.29, 1.82) is 0 Å². The van der Waals surface area contributed by atoms with E-state index in [-0.39, 0.29) is 30.3 Å². The van der Waals surface area contributed by atoms with Gasteiger partial charge in [0.2, 0.25) is 5.56 Å². The van der Waals surface area contributed by atoms with Gasteiger partial charge in [0.15, 0.2) is 0 Å². The third-order valence-electron chi connectivity index (χ3n) is 7.29. The van der Waals surface area contributed by atoms with Gasteiger partial charge in [-0.3, -0.25) is 28.4 Å². The number of β-amino-alcohol motifs (C(OH)–C–C–N with tert-alkyl or cyclic N) is 1. The third-order valence-corrected chi connectivity index (χ3v) is 8.68. The molecule has 0 aliphatic carbocycles. The van der Waals surface area contributed by atoms with Crippen molar-refractivity contribution in [2.24, 2.45) is 7.05 Å². The molecule has 1 saturated heterocycles. The van der Waals surface area contributed by atoms with Crippen molar-refractivity contribution < 1.29 is 14.7 Å². The lowest BCUT2D eigenvalue weighted by atomic mass is 9.91. The minimum Gasteiger partial charge on any atom is -0.386 e. The van der Waals surface area contributed by atoms with Crippen LogP contribution in [0.25, 0.3) is 5.82 Å². The maximum Gasteiger partial charge on any atom is 0.331 e. The summed E-state index contributed by atoms with van der Waals surface area (Å²) in [7, 11) is 1.42. The number of nitrogens with one attached hydrogen (secondary N) is 1. The van der Waals surface area contributed by atoms with Crippen LogP contribution < -0.4 is 16.8 Å². The molecule has 39 heavy (non-hydrogen) atoms. The Morgan fingerprint density at radius 1 is 1.28 bits per heavy atom. The number of carbonyl (C=O) groups excluding carboxylic acids is 1. The zero-order chi connectivity index (χ0) is 28.4. The lowest BCUT2D eigenvalue weighted by Crippen LogP contribution is -2.44. The number of fused-ring (bicyclic) bond motifs is 1. The van der Waals surface area contributed by atoms with Crippen LogP contribution in [0, 0.1) is 13.8 Å². The zero-order valence-electron chi connectivity index (χ0n) is 22.7. The Kier molecular flexibility index (Phi) is 6.72. The molecule has 2 unspecified atom stereocenters. The number of thioether (sulfide) groups is 1. The van der Waals surface area contributed by atoms with Crippen molar-refractivity contribution in [2.75, 3.05) is 13.2 Å². The van der Waals surface area contributed by atoms with E-state index in [2.05, 4.69) is 10.1 Å². The van der Waals surface area contributed by atoms with Gasteiger partial charge < -0.3 is 10.1 Å². The highest BCUT2D eigenvalue weighted by molar-refractivity contribution is 8.00. The monoisotopic (exact) mass is 556 g/mol. The Labute approximate surface area is 228 Å². The van der Waals surface area contributed by atoms with Crippen LogP contribution in [0.15, 0.2) is 37.6 Å². The second-order valence-corrected chi connectivity index (χ2v) is 12.0. The molecule has 2 N–H and O–H groups in total. The van der Waals surface area contributed by atoms with Crippen LogP contribution in [-0.2, 0) is 23.1 Å². The average molecular weight is 557 g/mol. The van der Waals surface area contributed by atoms with E-state index in [0.29, 0.717) is 17.3 Å². The van der Waals surface area contributed by atoms with Crippen LogP contribution in [0.3, 0.4) is 0 Å². The molecule has 3 aromatic rings. The van der Waals surface area contributed by atoms with Gasteiger partial charge in [-0.1, -0.05) is 6.07 Å². The SMILES string of the molecule is Cc1nn(-c2cccc(=O)[nH]2)c(C)c1CC1Sc2c(c(=O)n(C)c(=O)n2C(C)C)C1C(=O)N1C[C@](C)(O)CO1. The van der Waals surface area contributed by atoms with E-state index in [1.807, 2.05) is 27.7 Å². The first-order chi connectivity index (χ1) is 18.3.